The van der Waals surface area contributed by atoms with Crippen LogP contribution in [0.2, 0.25) is 0 Å². The molecule has 0 amide bonds. The summed E-state index contributed by atoms with van der Waals surface area (Å²) < 4.78 is 12.4. The number of nitrogens with zero attached hydrogens (tertiary/aromatic N) is 1. The number of ketones is 1. The van der Waals surface area contributed by atoms with Gasteiger partial charge in [0, 0.05) is 27.6 Å². The van der Waals surface area contributed by atoms with Crippen molar-refractivity contribution in [2.75, 3.05) is 26.2 Å². The summed E-state index contributed by atoms with van der Waals surface area (Å²) >= 11 is 1.59. The van der Waals surface area contributed by atoms with E-state index in [4.69, 9.17) is 9.47 Å². The number of aromatic hydroxyl groups is 1. The maximum Gasteiger partial charge on any atom is 0.165 e. The van der Waals surface area contributed by atoms with Crippen LogP contribution in [0.5, 0.6) is 23.0 Å². The van der Waals surface area contributed by atoms with Crippen LogP contribution in [0.4, 0.5) is 0 Å². The molecular weight excluding hydrogens is 458 g/mol. The maximum absolute atomic E-state index is 11.9. The normalized spacial score (nSPS) is 18.4. The van der Waals surface area contributed by atoms with Crippen molar-refractivity contribution in [3.05, 3.63) is 71.1 Å². The number of piperidine rings is 1. The van der Waals surface area contributed by atoms with E-state index in [0.29, 0.717) is 6.61 Å². The Balaban J connectivity index is 1.33. The molecule has 35 heavy (non-hydrogen) atoms. The quantitative estimate of drug-likeness (QED) is 0.373. The van der Waals surface area contributed by atoms with E-state index in [9.17, 15) is 9.90 Å². The first-order valence-corrected chi connectivity index (χ1v) is 13.2. The molecule has 6 heteroatoms. The zero-order valence-corrected chi connectivity index (χ0v) is 20.9. The van der Waals surface area contributed by atoms with Gasteiger partial charge in [0.25, 0.3) is 0 Å². The monoisotopic (exact) mass is 489 g/mol. The van der Waals surface area contributed by atoms with Crippen molar-refractivity contribution < 1.29 is 19.4 Å². The summed E-state index contributed by atoms with van der Waals surface area (Å²) in [5.74, 6) is 2.63. The van der Waals surface area contributed by atoms with E-state index in [1.807, 2.05) is 48.5 Å². The number of Topliss-reactive ketones (excluding diaryl/α,β-unsaturated/α-hetero) is 1. The van der Waals surface area contributed by atoms with Crippen LogP contribution >= 0.6 is 11.8 Å². The lowest BCUT2D eigenvalue weighted by molar-refractivity contribution is -0.112. The summed E-state index contributed by atoms with van der Waals surface area (Å²) in [6, 6.07) is 17.1. The second-order valence-electron chi connectivity index (χ2n) is 9.18. The van der Waals surface area contributed by atoms with E-state index in [-0.39, 0.29) is 16.8 Å². The molecule has 2 aliphatic heterocycles. The highest BCUT2D eigenvalue weighted by Gasteiger charge is 2.26. The van der Waals surface area contributed by atoms with Gasteiger partial charge in [-0.25, -0.2) is 0 Å². The van der Waals surface area contributed by atoms with Crippen molar-refractivity contribution >= 4 is 28.3 Å². The van der Waals surface area contributed by atoms with Crippen molar-refractivity contribution in [2.45, 2.75) is 37.9 Å². The number of thioether (sulfide) groups is 1. The van der Waals surface area contributed by atoms with Crippen LogP contribution < -0.4 is 9.47 Å². The van der Waals surface area contributed by atoms with Gasteiger partial charge in [-0.05, 0) is 87.1 Å². The molecule has 0 spiro atoms. The fourth-order valence-electron chi connectivity index (χ4n) is 4.75. The lowest BCUT2D eigenvalue weighted by Crippen LogP contribution is -2.33. The zero-order valence-electron chi connectivity index (χ0n) is 20.0. The number of carbonyl (C=O) groups is 1. The van der Waals surface area contributed by atoms with E-state index in [2.05, 4.69) is 4.90 Å². The average molecular weight is 490 g/mol. The topological polar surface area (TPSA) is 59.0 Å². The Bertz CT molecular complexity index is 1230. The van der Waals surface area contributed by atoms with Crippen molar-refractivity contribution in [3.8, 4) is 23.0 Å². The summed E-state index contributed by atoms with van der Waals surface area (Å²) in [7, 11) is 0. The minimum Gasteiger partial charge on any atom is -0.508 e. The first-order valence-electron chi connectivity index (χ1n) is 12.3. The molecule has 3 aromatic rings. The molecule has 1 N–H and O–H groups in total. The van der Waals surface area contributed by atoms with Crippen LogP contribution in [0.15, 0.2) is 65.6 Å². The molecule has 1 saturated heterocycles. The predicted octanol–water partition coefficient (Wildman–Crippen LogP) is 6.85. The molecule has 1 unspecified atom stereocenters. The molecule has 1 fully saturated rings. The highest BCUT2D eigenvalue weighted by atomic mass is 32.2. The van der Waals surface area contributed by atoms with Crippen molar-refractivity contribution in [1.82, 2.24) is 4.90 Å². The molecule has 1 atom stereocenters. The fourth-order valence-corrected chi connectivity index (χ4v) is 5.92. The Morgan fingerprint density at radius 2 is 1.80 bits per heavy atom. The Kier molecular flexibility index (Phi) is 7.30. The minimum atomic E-state index is 0.0987. The van der Waals surface area contributed by atoms with E-state index in [1.54, 1.807) is 30.8 Å². The standard InChI is InChI=1S/C29H31NO4S/c1-20(31)27-13-14-28(35-27)26-11-5-21-19-22(32)6-12-25(21)29(26)34-24-9-7-23(8-10-24)33-18-17-30-15-3-2-4-16-30/h5-13,19,28,32H,2-4,14-18H2,1H3. The van der Waals surface area contributed by atoms with Gasteiger partial charge < -0.3 is 14.6 Å². The molecule has 0 bridgehead atoms. The van der Waals surface area contributed by atoms with E-state index in [0.717, 1.165) is 51.5 Å². The Morgan fingerprint density at radius 1 is 1.03 bits per heavy atom. The fraction of sp³-hybridized carbons (Fsp3) is 0.345. The van der Waals surface area contributed by atoms with Crippen LogP contribution in [0, 0.1) is 0 Å². The Hall–Kier alpha value is -2.96. The number of likely N-dealkylation sites (tertiary alicyclic amines) is 1. The first-order chi connectivity index (χ1) is 17.1. The number of hydrogen-bond acceptors (Lipinski definition) is 6. The summed E-state index contributed by atoms with van der Waals surface area (Å²) in [6.45, 7) is 5.59. The molecule has 0 aromatic heterocycles. The van der Waals surface area contributed by atoms with Crippen molar-refractivity contribution in [2.24, 2.45) is 0 Å². The Labute approximate surface area is 210 Å². The summed E-state index contributed by atoms with van der Waals surface area (Å²) in [6.07, 6.45) is 6.70. The van der Waals surface area contributed by atoms with Crippen molar-refractivity contribution in [3.63, 3.8) is 0 Å². The molecular formula is C29H31NO4S. The first kappa shape index (κ1) is 23.8. The largest absolute Gasteiger partial charge is 0.508 e. The number of fused-ring (bicyclic) bond motifs is 1. The van der Waals surface area contributed by atoms with Gasteiger partial charge >= 0.3 is 0 Å². The molecule has 0 radical (unpaired) electrons. The van der Waals surface area contributed by atoms with Gasteiger partial charge in [0.2, 0.25) is 0 Å². The smallest absolute Gasteiger partial charge is 0.165 e. The molecule has 0 saturated carbocycles. The van der Waals surface area contributed by atoms with E-state index < -0.39 is 0 Å². The second kappa shape index (κ2) is 10.8. The number of benzene rings is 3. The van der Waals surface area contributed by atoms with Crippen LogP contribution in [-0.4, -0.2) is 42.0 Å². The van der Waals surface area contributed by atoms with E-state index in [1.165, 1.54) is 32.4 Å². The predicted molar refractivity (Wildman–Crippen MR) is 142 cm³/mol. The lowest BCUT2D eigenvalue weighted by Gasteiger charge is -2.26. The number of allylic oxidation sites excluding steroid dienone is 2. The molecule has 2 heterocycles. The van der Waals surface area contributed by atoms with Gasteiger partial charge in [-0.2, -0.15) is 0 Å². The minimum absolute atomic E-state index is 0.0987. The SMILES string of the molecule is CC(=O)C1=CCC(c2ccc3cc(O)ccc3c2Oc2ccc(OCCN3CCCCC3)cc2)S1. The number of carbonyl (C=O) groups excluding carboxylic acids is 1. The third-order valence-electron chi connectivity index (χ3n) is 6.63. The highest BCUT2D eigenvalue weighted by Crippen LogP contribution is 2.49. The number of rotatable bonds is 8. The molecule has 3 aromatic carbocycles. The van der Waals surface area contributed by atoms with Crippen LogP contribution in [0.25, 0.3) is 10.8 Å². The Morgan fingerprint density at radius 3 is 2.54 bits per heavy atom. The van der Waals surface area contributed by atoms with Gasteiger partial charge in [0.1, 0.15) is 29.6 Å². The number of phenols is 1. The number of phenolic OH excluding ortho intramolecular Hbond substituents is 1. The lowest BCUT2D eigenvalue weighted by atomic mass is 10.0. The summed E-state index contributed by atoms with van der Waals surface area (Å²) in [5, 5.41) is 11.9. The van der Waals surface area contributed by atoms with Crippen molar-refractivity contribution in [1.29, 1.82) is 0 Å². The third-order valence-corrected chi connectivity index (χ3v) is 8.07. The highest BCUT2D eigenvalue weighted by molar-refractivity contribution is 8.04. The van der Waals surface area contributed by atoms with E-state index >= 15 is 0 Å². The molecule has 2 aliphatic rings. The van der Waals surface area contributed by atoms with Gasteiger partial charge in [-0.3, -0.25) is 9.69 Å². The molecule has 5 rings (SSSR count). The van der Waals surface area contributed by atoms with Gasteiger partial charge in [0.05, 0.1) is 0 Å². The van der Waals surface area contributed by atoms with Crippen LogP contribution in [0.3, 0.4) is 0 Å². The summed E-state index contributed by atoms with van der Waals surface area (Å²) in [5.41, 5.74) is 1.04. The van der Waals surface area contributed by atoms with Gasteiger partial charge in [-0.15, -0.1) is 11.8 Å². The average Bonchev–Trinajstić information content (AvgIpc) is 3.36. The summed E-state index contributed by atoms with van der Waals surface area (Å²) in [4.78, 5) is 15.2. The number of ether oxygens (including phenoxy) is 2. The second-order valence-corrected chi connectivity index (χ2v) is 10.4. The maximum atomic E-state index is 11.9. The molecule has 5 nitrogen and oxygen atoms in total. The number of hydrogen-bond donors (Lipinski definition) is 1. The van der Waals surface area contributed by atoms with Crippen LogP contribution in [0.1, 0.15) is 43.4 Å². The molecule has 0 aliphatic carbocycles. The zero-order chi connectivity index (χ0) is 24.2. The van der Waals surface area contributed by atoms with Gasteiger partial charge in [-0.1, -0.05) is 24.6 Å². The van der Waals surface area contributed by atoms with Crippen LogP contribution in [-0.2, 0) is 4.79 Å². The molecule has 182 valence electrons. The third kappa shape index (κ3) is 5.65. The van der Waals surface area contributed by atoms with Gasteiger partial charge in [0.15, 0.2) is 5.78 Å².